The van der Waals surface area contributed by atoms with Crippen molar-refractivity contribution in [2.75, 3.05) is 5.32 Å². The summed E-state index contributed by atoms with van der Waals surface area (Å²) < 4.78 is 65.7. The Morgan fingerprint density at radius 3 is 1.90 bits per heavy atom. The second-order valence-corrected chi connectivity index (χ2v) is 4.65. The van der Waals surface area contributed by atoms with E-state index >= 15 is 0 Å². The highest BCUT2D eigenvalue weighted by Gasteiger charge is 2.29. The van der Waals surface area contributed by atoms with Gasteiger partial charge in [-0.3, -0.25) is 4.79 Å². The van der Waals surface area contributed by atoms with E-state index in [9.17, 15) is 26.7 Å². The number of benzene rings is 1. The zero-order valence-corrected chi connectivity index (χ0v) is 11.6. The fourth-order valence-corrected chi connectivity index (χ4v) is 1.84. The maximum Gasteiger partial charge on any atom is 0.234 e. The van der Waals surface area contributed by atoms with Crippen molar-refractivity contribution < 1.29 is 26.7 Å². The van der Waals surface area contributed by atoms with Crippen molar-refractivity contribution in [3.8, 4) is 0 Å². The molecular weight excluding hydrogens is 315 g/mol. The lowest BCUT2D eigenvalue weighted by Crippen LogP contribution is -2.33. The van der Waals surface area contributed by atoms with E-state index in [0.29, 0.717) is 6.42 Å². The third-order valence-corrected chi connectivity index (χ3v) is 2.98. The minimum Gasteiger partial charge on any atom is -0.393 e. The number of hydrogen-bond donors (Lipinski definition) is 2. The molecule has 116 valence electrons. The summed E-state index contributed by atoms with van der Waals surface area (Å²) in [7, 11) is 0. The van der Waals surface area contributed by atoms with Crippen LogP contribution in [0.15, 0.2) is 0 Å². The van der Waals surface area contributed by atoms with E-state index in [1.165, 1.54) is 0 Å². The summed E-state index contributed by atoms with van der Waals surface area (Å²) in [5.41, 5.74) is 3.89. The molecule has 1 atom stereocenters. The zero-order chi connectivity index (χ0) is 16.3. The smallest absolute Gasteiger partial charge is 0.234 e. The molecule has 0 saturated heterocycles. The first-order valence-electron chi connectivity index (χ1n) is 5.83. The van der Waals surface area contributed by atoms with Gasteiger partial charge < -0.3 is 11.1 Å². The van der Waals surface area contributed by atoms with Crippen LogP contribution in [0.4, 0.5) is 27.6 Å². The molecule has 3 nitrogen and oxygen atoms in total. The number of hydrogen-bond acceptors (Lipinski definition) is 2. The van der Waals surface area contributed by atoms with Crippen molar-refractivity contribution in [3.63, 3.8) is 0 Å². The summed E-state index contributed by atoms with van der Waals surface area (Å²) in [5.74, 6) is -13.0. The number of anilines is 1. The molecule has 1 rings (SSSR count). The molecule has 0 aliphatic carbocycles. The average molecular weight is 326 g/mol. The number of nitrogens with one attached hydrogen (secondary N) is 1. The molecule has 0 spiro atoms. The van der Waals surface area contributed by atoms with E-state index in [0.717, 1.165) is 0 Å². The summed E-state index contributed by atoms with van der Waals surface area (Å²) in [6, 6.07) is 0. The van der Waals surface area contributed by atoms with E-state index in [4.69, 9.17) is 5.73 Å². The maximum absolute atomic E-state index is 13.4. The lowest BCUT2D eigenvalue weighted by molar-refractivity contribution is -0.118. The number of nitrogens with two attached hydrogens (primary N) is 1. The van der Waals surface area contributed by atoms with E-state index in [1.807, 2.05) is 0 Å². The van der Waals surface area contributed by atoms with Gasteiger partial charge in [0, 0.05) is 0 Å². The van der Waals surface area contributed by atoms with Gasteiger partial charge in [0.1, 0.15) is 5.69 Å². The predicted molar refractivity (Wildman–Crippen MR) is 70.0 cm³/mol. The molecule has 1 unspecified atom stereocenters. The molecule has 1 aromatic carbocycles. The van der Waals surface area contributed by atoms with Gasteiger partial charge in [0.2, 0.25) is 11.7 Å². The van der Waals surface area contributed by atoms with Crippen LogP contribution in [0, 0.1) is 35.0 Å². The highest BCUT2D eigenvalue weighted by atomic mass is 32.1. The van der Waals surface area contributed by atoms with E-state index in [1.54, 1.807) is 12.2 Å². The van der Waals surface area contributed by atoms with Gasteiger partial charge in [0.05, 0.1) is 10.9 Å². The van der Waals surface area contributed by atoms with Gasteiger partial charge in [-0.2, -0.15) is 0 Å². The lowest BCUT2D eigenvalue weighted by Gasteiger charge is -2.16. The van der Waals surface area contributed by atoms with Gasteiger partial charge in [0.25, 0.3) is 0 Å². The van der Waals surface area contributed by atoms with E-state index in [2.05, 4.69) is 12.2 Å². The Morgan fingerprint density at radius 2 is 1.52 bits per heavy atom. The van der Waals surface area contributed by atoms with Crippen LogP contribution >= 0.6 is 12.2 Å². The van der Waals surface area contributed by atoms with Gasteiger partial charge in [0.15, 0.2) is 23.3 Å². The number of carbonyl (C=O) groups excluding carboxylic acids is 1. The Kier molecular flexibility index (Phi) is 5.59. The van der Waals surface area contributed by atoms with Gasteiger partial charge in [-0.15, -0.1) is 0 Å². The molecule has 21 heavy (non-hydrogen) atoms. The first-order chi connectivity index (χ1) is 9.72. The van der Waals surface area contributed by atoms with Crippen molar-refractivity contribution in [2.45, 2.75) is 19.8 Å². The normalized spacial score (nSPS) is 12.1. The lowest BCUT2D eigenvalue weighted by atomic mass is 10.0. The van der Waals surface area contributed by atoms with Crippen molar-refractivity contribution in [1.82, 2.24) is 0 Å². The number of rotatable bonds is 5. The van der Waals surface area contributed by atoms with Crippen molar-refractivity contribution in [2.24, 2.45) is 11.7 Å². The standard InChI is InChI=1S/C12H11F5N2OS/c1-2-3-4(11(18)21)12(20)19-10-8(16)6(14)5(13)7(15)9(10)17/h4H,2-3H2,1H3,(H2,18,21)(H,19,20). The Morgan fingerprint density at radius 1 is 1.10 bits per heavy atom. The Bertz CT molecular complexity index is 564. The minimum atomic E-state index is -2.30. The van der Waals surface area contributed by atoms with Crippen LogP contribution in [-0.2, 0) is 4.79 Å². The molecule has 3 N–H and O–H groups in total. The maximum atomic E-state index is 13.4. The second kappa shape index (κ2) is 6.79. The molecule has 0 heterocycles. The van der Waals surface area contributed by atoms with Gasteiger partial charge in [-0.1, -0.05) is 25.6 Å². The average Bonchev–Trinajstić information content (AvgIpc) is 2.44. The first-order valence-corrected chi connectivity index (χ1v) is 6.24. The van der Waals surface area contributed by atoms with Crippen LogP contribution < -0.4 is 11.1 Å². The van der Waals surface area contributed by atoms with E-state index < -0.39 is 46.6 Å². The first kappa shape index (κ1) is 17.3. The number of amides is 1. The Hall–Kier alpha value is -1.77. The molecule has 0 aliphatic heterocycles. The van der Waals surface area contributed by atoms with Gasteiger partial charge in [-0.05, 0) is 6.42 Å². The summed E-state index contributed by atoms with van der Waals surface area (Å²) in [4.78, 5) is 11.6. The van der Waals surface area contributed by atoms with Crippen molar-refractivity contribution >= 4 is 28.8 Å². The highest BCUT2D eigenvalue weighted by molar-refractivity contribution is 7.80. The zero-order valence-electron chi connectivity index (χ0n) is 10.8. The van der Waals surface area contributed by atoms with Crippen LogP contribution in [0.3, 0.4) is 0 Å². The molecule has 1 amide bonds. The fourth-order valence-electron chi connectivity index (χ4n) is 1.62. The summed E-state index contributed by atoms with van der Waals surface area (Å²) >= 11 is 4.63. The molecule has 0 bridgehead atoms. The van der Waals surface area contributed by atoms with Gasteiger partial charge >= 0.3 is 0 Å². The largest absolute Gasteiger partial charge is 0.393 e. The third-order valence-electron chi connectivity index (χ3n) is 2.70. The quantitative estimate of drug-likeness (QED) is 0.378. The van der Waals surface area contributed by atoms with Crippen molar-refractivity contribution in [1.29, 1.82) is 0 Å². The van der Waals surface area contributed by atoms with Crippen LogP contribution in [0.25, 0.3) is 0 Å². The molecule has 0 saturated carbocycles. The Balaban J connectivity index is 3.19. The van der Waals surface area contributed by atoms with E-state index in [-0.39, 0.29) is 11.4 Å². The highest BCUT2D eigenvalue weighted by Crippen LogP contribution is 2.27. The monoisotopic (exact) mass is 326 g/mol. The van der Waals surface area contributed by atoms with Crippen LogP contribution in [0.1, 0.15) is 19.8 Å². The van der Waals surface area contributed by atoms with Crippen LogP contribution in [0.2, 0.25) is 0 Å². The molecule has 1 aromatic rings. The number of thiocarbonyl (C=S) groups is 1. The molecular formula is C12H11F5N2OS. The fraction of sp³-hybridized carbons (Fsp3) is 0.333. The SMILES string of the molecule is CCCC(C(=O)Nc1c(F)c(F)c(F)c(F)c1F)C(N)=S. The second-order valence-electron chi connectivity index (χ2n) is 4.18. The van der Waals surface area contributed by atoms with Crippen molar-refractivity contribution in [3.05, 3.63) is 29.1 Å². The molecule has 0 aliphatic rings. The Labute approximate surface area is 122 Å². The molecule has 0 radical (unpaired) electrons. The third kappa shape index (κ3) is 3.46. The van der Waals surface area contributed by atoms with Crippen LogP contribution in [0.5, 0.6) is 0 Å². The topological polar surface area (TPSA) is 55.1 Å². The summed E-state index contributed by atoms with van der Waals surface area (Å²) in [6.45, 7) is 1.71. The number of carbonyl (C=O) groups is 1. The number of halogens is 5. The summed E-state index contributed by atoms with van der Waals surface area (Å²) in [5, 5.41) is 1.65. The minimum absolute atomic E-state index is 0.177. The molecule has 9 heteroatoms. The summed E-state index contributed by atoms with van der Waals surface area (Å²) in [6.07, 6.45) is 0.656. The van der Waals surface area contributed by atoms with Gasteiger partial charge in [-0.25, -0.2) is 22.0 Å². The molecule has 0 fully saturated rings. The predicted octanol–water partition coefficient (Wildman–Crippen LogP) is 3.02. The van der Waals surface area contributed by atoms with Crippen LogP contribution in [-0.4, -0.2) is 10.9 Å². The molecule has 0 aromatic heterocycles.